The highest BCUT2D eigenvalue weighted by atomic mass is 79.9. The van der Waals surface area contributed by atoms with Crippen LogP contribution in [0.5, 0.6) is 0 Å². The number of halogens is 1. The molecule has 0 fully saturated rings. The van der Waals surface area contributed by atoms with E-state index in [1.807, 2.05) is 6.92 Å². The summed E-state index contributed by atoms with van der Waals surface area (Å²) in [4.78, 5) is 11.9. The zero-order chi connectivity index (χ0) is 12.4. The molecule has 6 heteroatoms. The van der Waals surface area contributed by atoms with Crippen molar-refractivity contribution in [2.45, 2.75) is 6.92 Å². The van der Waals surface area contributed by atoms with Crippen LogP contribution in [0.15, 0.2) is 28.9 Å². The third-order valence-corrected chi connectivity index (χ3v) is 3.05. The lowest BCUT2D eigenvalue weighted by Crippen LogP contribution is -2.13. The molecular formula is C11H11BrN4O. The second-order valence-corrected chi connectivity index (χ2v) is 4.47. The van der Waals surface area contributed by atoms with Gasteiger partial charge in [-0.1, -0.05) is 0 Å². The molecule has 2 aromatic rings. The summed E-state index contributed by atoms with van der Waals surface area (Å²) in [6.45, 7) is 1.86. The molecule has 4 N–H and O–H groups in total. The van der Waals surface area contributed by atoms with Gasteiger partial charge in [-0.3, -0.25) is 9.89 Å². The van der Waals surface area contributed by atoms with Crippen LogP contribution in [0.25, 0.3) is 0 Å². The first-order chi connectivity index (χ1) is 8.08. The van der Waals surface area contributed by atoms with Gasteiger partial charge >= 0.3 is 0 Å². The van der Waals surface area contributed by atoms with Crippen molar-refractivity contribution in [3.8, 4) is 0 Å². The number of H-pyrrole nitrogens is 1. The predicted octanol–water partition coefficient (Wildman–Crippen LogP) is 2.32. The molecule has 0 bridgehead atoms. The standard InChI is InChI=1S/C11H11BrN4O/c1-6-5-14-16-10(6)15-11(17)7-2-3-8(12)9(13)4-7/h2-5H,13H2,1H3,(H2,14,15,16,17). The fraction of sp³-hybridized carbons (Fsp3) is 0.0909. The van der Waals surface area contributed by atoms with Crippen LogP contribution in [0.4, 0.5) is 11.5 Å². The van der Waals surface area contributed by atoms with Gasteiger partial charge in [0, 0.05) is 21.3 Å². The number of amides is 1. The molecule has 5 nitrogen and oxygen atoms in total. The molecule has 0 spiro atoms. The number of hydrogen-bond acceptors (Lipinski definition) is 3. The van der Waals surface area contributed by atoms with E-state index >= 15 is 0 Å². The van der Waals surface area contributed by atoms with Crippen molar-refractivity contribution in [1.82, 2.24) is 10.2 Å². The van der Waals surface area contributed by atoms with Gasteiger partial charge in [0.1, 0.15) is 5.82 Å². The minimum atomic E-state index is -0.225. The fourth-order valence-electron chi connectivity index (χ4n) is 1.34. The summed E-state index contributed by atoms with van der Waals surface area (Å²) in [5.74, 6) is 0.369. The third-order valence-electron chi connectivity index (χ3n) is 2.33. The summed E-state index contributed by atoms with van der Waals surface area (Å²) in [6.07, 6.45) is 1.64. The predicted molar refractivity (Wildman–Crippen MR) is 69.8 cm³/mol. The molecule has 0 aliphatic heterocycles. The molecule has 0 radical (unpaired) electrons. The molecule has 1 heterocycles. The van der Waals surface area contributed by atoms with Gasteiger partial charge < -0.3 is 11.1 Å². The Labute approximate surface area is 107 Å². The minimum Gasteiger partial charge on any atom is -0.398 e. The summed E-state index contributed by atoms with van der Waals surface area (Å²) >= 11 is 3.28. The number of aromatic nitrogens is 2. The van der Waals surface area contributed by atoms with Crippen molar-refractivity contribution in [2.24, 2.45) is 0 Å². The van der Waals surface area contributed by atoms with Crippen LogP contribution in [-0.2, 0) is 0 Å². The highest BCUT2D eigenvalue weighted by Gasteiger charge is 2.09. The van der Waals surface area contributed by atoms with Gasteiger partial charge in [0.05, 0.1) is 6.20 Å². The maximum absolute atomic E-state index is 11.9. The molecule has 0 unspecified atom stereocenters. The molecule has 2 rings (SSSR count). The largest absolute Gasteiger partial charge is 0.398 e. The monoisotopic (exact) mass is 294 g/mol. The van der Waals surface area contributed by atoms with E-state index in [2.05, 4.69) is 31.4 Å². The van der Waals surface area contributed by atoms with Crippen LogP contribution >= 0.6 is 15.9 Å². The molecular weight excluding hydrogens is 284 g/mol. The number of nitrogens with zero attached hydrogens (tertiary/aromatic N) is 1. The maximum atomic E-state index is 11.9. The van der Waals surface area contributed by atoms with Crippen molar-refractivity contribution >= 4 is 33.3 Å². The van der Waals surface area contributed by atoms with Gasteiger partial charge in [0.15, 0.2) is 0 Å². The maximum Gasteiger partial charge on any atom is 0.256 e. The zero-order valence-corrected chi connectivity index (χ0v) is 10.7. The average Bonchev–Trinajstić information content (AvgIpc) is 2.68. The quantitative estimate of drug-likeness (QED) is 0.743. The van der Waals surface area contributed by atoms with Crippen LogP contribution in [0.2, 0.25) is 0 Å². The van der Waals surface area contributed by atoms with Crippen molar-refractivity contribution in [1.29, 1.82) is 0 Å². The molecule has 0 saturated carbocycles. The van der Waals surface area contributed by atoms with E-state index in [9.17, 15) is 4.79 Å². The average molecular weight is 295 g/mol. The summed E-state index contributed by atoms with van der Waals surface area (Å²) in [5.41, 5.74) is 7.62. The van der Waals surface area contributed by atoms with Crippen LogP contribution in [0, 0.1) is 6.92 Å². The van der Waals surface area contributed by atoms with E-state index in [4.69, 9.17) is 5.73 Å². The SMILES string of the molecule is Cc1cn[nH]c1NC(=O)c1ccc(Br)c(N)c1. The first-order valence-electron chi connectivity index (χ1n) is 4.94. The third kappa shape index (κ3) is 2.47. The number of aryl methyl sites for hydroxylation is 1. The number of aromatic amines is 1. The Morgan fingerprint density at radius 1 is 1.53 bits per heavy atom. The van der Waals surface area contributed by atoms with Gasteiger partial charge in [-0.05, 0) is 41.1 Å². The number of nitrogen functional groups attached to an aromatic ring is 1. The van der Waals surface area contributed by atoms with Gasteiger partial charge in [0.25, 0.3) is 5.91 Å². The smallest absolute Gasteiger partial charge is 0.256 e. The highest BCUT2D eigenvalue weighted by Crippen LogP contribution is 2.21. The van der Waals surface area contributed by atoms with Crippen molar-refractivity contribution < 1.29 is 4.79 Å². The van der Waals surface area contributed by atoms with E-state index in [0.29, 0.717) is 17.1 Å². The first-order valence-corrected chi connectivity index (χ1v) is 5.73. The number of carbonyl (C=O) groups excluding carboxylic acids is 1. The Balaban J connectivity index is 2.20. The van der Waals surface area contributed by atoms with Crippen LogP contribution in [-0.4, -0.2) is 16.1 Å². The number of hydrogen-bond donors (Lipinski definition) is 3. The fourth-order valence-corrected chi connectivity index (χ4v) is 1.59. The number of rotatable bonds is 2. The Bertz CT molecular complexity index is 564. The number of benzene rings is 1. The second kappa shape index (κ2) is 4.58. The number of carbonyl (C=O) groups is 1. The van der Waals surface area contributed by atoms with Crippen molar-refractivity contribution in [3.63, 3.8) is 0 Å². The molecule has 88 valence electrons. The topological polar surface area (TPSA) is 83.8 Å². The van der Waals surface area contributed by atoms with Gasteiger partial charge in [-0.15, -0.1) is 0 Å². The van der Waals surface area contributed by atoms with Gasteiger partial charge in [-0.2, -0.15) is 5.10 Å². The summed E-state index contributed by atoms with van der Waals surface area (Å²) in [6, 6.07) is 5.05. The lowest BCUT2D eigenvalue weighted by atomic mass is 10.2. The molecule has 0 aliphatic carbocycles. The van der Waals surface area contributed by atoms with Crippen LogP contribution in [0.1, 0.15) is 15.9 Å². The molecule has 0 atom stereocenters. The van der Waals surface area contributed by atoms with Crippen molar-refractivity contribution in [3.05, 3.63) is 40.0 Å². The zero-order valence-electron chi connectivity index (χ0n) is 9.12. The van der Waals surface area contributed by atoms with E-state index < -0.39 is 0 Å². The molecule has 1 aromatic carbocycles. The highest BCUT2D eigenvalue weighted by molar-refractivity contribution is 9.10. The summed E-state index contributed by atoms with van der Waals surface area (Å²) < 4.78 is 0.770. The first kappa shape index (κ1) is 11.7. The van der Waals surface area contributed by atoms with Gasteiger partial charge in [-0.25, -0.2) is 0 Å². The minimum absolute atomic E-state index is 0.225. The molecule has 1 aromatic heterocycles. The number of nitrogens with one attached hydrogen (secondary N) is 2. The molecule has 0 aliphatic rings. The lowest BCUT2D eigenvalue weighted by Gasteiger charge is -2.05. The number of nitrogens with two attached hydrogens (primary N) is 1. The van der Waals surface area contributed by atoms with Gasteiger partial charge in [0.2, 0.25) is 0 Å². The van der Waals surface area contributed by atoms with E-state index in [1.165, 1.54) is 0 Å². The van der Waals surface area contributed by atoms with Crippen LogP contribution in [0.3, 0.4) is 0 Å². The van der Waals surface area contributed by atoms with E-state index in [1.54, 1.807) is 24.4 Å². The Kier molecular flexibility index (Phi) is 3.14. The normalized spacial score (nSPS) is 10.2. The Hall–Kier alpha value is -1.82. The Morgan fingerprint density at radius 3 is 2.88 bits per heavy atom. The molecule has 1 amide bonds. The second-order valence-electron chi connectivity index (χ2n) is 3.62. The van der Waals surface area contributed by atoms with Crippen LogP contribution < -0.4 is 11.1 Å². The Morgan fingerprint density at radius 2 is 2.29 bits per heavy atom. The summed E-state index contributed by atoms with van der Waals surface area (Å²) in [7, 11) is 0. The number of anilines is 2. The van der Waals surface area contributed by atoms with E-state index in [-0.39, 0.29) is 5.91 Å². The molecule has 17 heavy (non-hydrogen) atoms. The summed E-state index contributed by atoms with van der Waals surface area (Å²) in [5, 5.41) is 9.26. The van der Waals surface area contributed by atoms with Crippen molar-refractivity contribution in [2.75, 3.05) is 11.1 Å². The van der Waals surface area contributed by atoms with E-state index in [0.717, 1.165) is 10.0 Å². The molecule has 0 saturated heterocycles. The lowest BCUT2D eigenvalue weighted by molar-refractivity contribution is 0.102.